The van der Waals surface area contributed by atoms with Crippen LogP contribution in [-0.2, 0) is 5.41 Å². The normalized spacial score (nSPS) is 13.4. The average molecular weight is 979 g/mol. The first kappa shape index (κ1) is 46.8. The van der Waals surface area contributed by atoms with Crippen molar-refractivity contribution in [1.82, 2.24) is 0 Å². The van der Waals surface area contributed by atoms with E-state index >= 15 is 0 Å². The van der Waals surface area contributed by atoms with E-state index < -0.39 is 21.6 Å². The second-order valence-electron chi connectivity index (χ2n) is 23.3. The van der Waals surface area contributed by atoms with E-state index in [4.69, 9.17) is 0 Å². The Balaban J connectivity index is 1.21. The van der Waals surface area contributed by atoms with Crippen LogP contribution in [0.4, 0.5) is 34.1 Å². The highest BCUT2D eigenvalue weighted by atomic mass is 28.3. The van der Waals surface area contributed by atoms with Gasteiger partial charge in [0.25, 0.3) is 0 Å². The van der Waals surface area contributed by atoms with Crippen LogP contribution in [0, 0.1) is 0 Å². The predicted octanol–water partition coefficient (Wildman–Crippen LogP) is 18.6. The molecule has 10 aromatic rings. The molecule has 0 heterocycles. The number of anilines is 6. The summed E-state index contributed by atoms with van der Waals surface area (Å²) in [6.45, 7) is 23.8. The monoisotopic (exact) mass is 978 g/mol. The summed E-state index contributed by atoms with van der Waals surface area (Å²) in [5, 5.41) is 7.90. The fourth-order valence-corrected chi connectivity index (χ4v) is 14.6. The topological polar surface area (TPSA) is 6.48 Å². The fourth-order valence-electron chi connectivity index (χ4n) is 12.3. The molecule has 0 unspecified atom stereocenters. The van der Waals surface area contributed by atoms with Gasteiger partial charge in [0, 0.05) is 33.5 Å². The van der Waals surface area contributed by atoms with Crippen molar-refractivity contribution in [2.24, 2.45) is 0 Å². The second kappa shape index (κ2) is 17.5. The third kappa shape index (κ3) is 7.47. The van der Waals surface area contributed by atoms with Gasteiger partial charge in [0.15, 0.2) is 0 Å². The van der Waals surface area contributed by atoms with Crippen LogP contribution in [0.1, 0.15) is 72.9 Å². The number of benzene rings is 10. The van der Waals surface area contributed by atoms with Crippen molar-refractivity contribution in [3.8, 4) is 22.3 Å². The van der Waals surface area contributed by atoms with E-state index in [1.54, 1.807) is 0 Å². The molecule has 0 atom stereocenters. The summed E-state index contributed by atoms with van der Waals surface area (Å²) >= 11 is 0. The third-order valence-electron chi connectivity index (χ3n) is 16.2. The Kier molecular flexibility index (Phi) is 11.2. The van der Waals surface area contributed by atoms with Crippen LogP contribution >= 0.6 is 0 Å². The molecule has 1 spiro atoms. The minimum Gasteiger partial charge on any atom is -0.310 e. The Morgan fingerprint density at radius 2 is 0.630 bits per heavy atom. The number of nitrogens with zero attached hydrogens (tertiary/aromatic N) is 2. The summed E-state index contributed by atoms with van der Waals surface area (Å²) < 4.78 is 0. The van der Waals surface area contributed by atoms with E-state index in [1.165, 1.54) is 98.9 Å². The maximum Gasteiger partial charge on any atom is 0.0775 e. The average Bonchev–Trinajstić information content (AvgIpc) is 3.86. The molecule has 0 fully saturated rings. The second-order valence-corrected chi connectivity index (χ2v) is 33.5. The summed E-state index contributed by atoms with van der Waals surface area (Å²) in [5.41, 5.74) is 19.6. The SMILES string of the molecule is CC(C)c1ccc(N(c2ccc([Si](C)(C)C)cc2)c2cc3c(c4ccccc24)-c2c(cc(N(c4ccc(C(C)C)cc4)c4ccc([Si](C)(C)C)cc4)c4ccccc24)C32c3ccccc3-c3ccccc32)cc1. The number of fused-ring (bicyclic) bond motifs is 14. The number of hydrogen-bond acceptors (Lipinski definition) is 2. The largest absolute Gasteiger partial charge is 0.310 e. The van der Waals surface area contributed by atoms with E-state index in [9.17, 15) is 0 Å². The van der Waals surface area contributed by atoms with Crippen LogP contribution < -0.4 is 20.2 Å². The van der Waals surface area contributed by atoms with E-state index in [2.05, 4.69) is 283 Å². The molecule has 0 saturated heterocycles. The Labute approximate surface area is 435 Å². The maximum atomic E-state index is 2.60. The van der Waals surface area contributed by atoms with Crippen LogP contribution in [0.2, 0.25) is 39.3 Å². The molecule has 10 aromatic carbocycles. The highest BCUT2D eigenvalue weighted by Crippen LogP contribution is 2.67. The Morgan fingerprint density at radius 3 is 0.959 bits per heavy atom. The van der Waals surface area contributed by atoms with Gasteiger partial charge >= 0.3 is 0 Å². The third-order valence-corrected chi connectivity index (χ3v) is 20.3. The standard InChI is InChI=1S/C69H66N2Si2/c1-45(2)47-27-31-49(32-28-47)70(51-35-39-53(40-36-51)72(5,6)7)65-43-63-67(59-23-13-11-21-57(59)65)68-60-24-14-12-22-58(60)66(44-64(68)69(63)61-25-17-15-19-55(61)56-20-16-18-26-62(56)69)71(50-33-29-48(30-34-50)46(3)4)52-37-41-54(42-38-52)73(8,9)10/h11-46H,1-10H3. The molecule has 2 aliphatic rings. The summed E-state index contributed by atoms with van der Waals surface area (Å²) in [6.07, 6.45) is 0. The molecule has 0 aliphatic heterocycles. The van der Waals surface area contributed by atoms with Gasteiger partial charge in [0.1, 0.15) is 0 Å². The van der Waals surface area contributed by atoms with Crippen LogP contribution in [-0.4, -0.2) is 16.1 Å². The molecule has 0 aromatic heterocycles. The molecule has 0 bridgehead atoms. The van der Waals surface area contributed by atoms with Crippen molar-refractivity contribution in [3.63, 3.8) is 0 Å². The molecule has 12 rings (SSSR count). The molecule has 0 radical (unpaired) electrons. The lowest BCUT2D eigenvalue weighted by Gasteiger charge is -2.34. The first-order chi connectivity index (χ1) is 35.1. The predicted molar refractivity (Wildman–Crippen MR) is 321 cm³/mol. The zero-order valence-corrected chi connectivity index (χ0v) is 46.2. The van der Waals surface area contributed by atoms with E-state index in [0.29, 0.717) is 11.8 Å². The molecular formula is C69H66N2Si2. The zero-order valence-electron chi connectivity index (χ0n) is 44.2. The van der Waals surface area contributed by atoms with Gasteiger partial charge in [-0.2, -0.15) is 0 Å². The first-order valence-electron chi connectivity index (χ1n) is 26.5. The van der Waals surface area contributed by atoms with Gasteiger partial charge in [0.05, 0.1) is 32.9 Å². The smallest absolute Gasteiger partial charge is 0.0775 e. The molecule has 2 aliphatic carbocycles. The van der Waals surface area contributed by atoms with Crippen molar-refractivity contribution >= 4 is 82.2 Å². The first-order valence-corrected chi connectivity index (χ1v) is 33.5. The molecule has 0 amide bonds. The van der Waals surface area contributed by atoms with Crippen LogP contribution in [0.25, 0.3) is 43.8 Å². The van der Waals surface area contributed by atoms with Crippen molar-refractivity contribution in [2.75, 3.05) is 9.80 Å². The summed E-state index contributed by atoms with van der Waals surface area (Å²) in [4.78, 5) is 5.08. The highest BCUT2D eigenvalue weighted by Gasteiger charge is 2.53. The van der Waals surface area contributed by atoms with Gasteiger partial charge in [-0.3, -0.25) is 0 Å². The van der Waals surface area contributed by atoms with E-state index in [1.807, 2.05) is 0 Å². The van der Waals surface area contributed by atoms with E-state index in [-0.39, 0.29) is 0 Å². The maximum absolute atomic E-state index is 2.60. The number of hydrogen-bond donors (Lipinski definition) is 0. The van der Waals surface area contributed by atoms with Gasteiger partial charge in [-0.15, -0.1) is 0 Å². The molecule has 0 N–H and O–H groups in total. The Morgan fingerprint density at radius 1 is 0.329 bits per heavy atom. The number of rotatable bonds is 10. The summed E-state index contributed by atoms with van der Waals surface area (Å²) in [5.74, 6) is 0.861. The van der Waals surface area contributed by atoms with Gasteiger partial charge in [-0.05, 0) is 139 Å². The van der Waals surface area contributed by atoms with Crippen molar-refractivity contribution in [1.29, 1.82) is 0 Å². The van der Waals surface area contributed by atoms with Gasteiger partial charge in [0.2, 0.25) is 0 Å². The van der Waals surface area contributed by atoms with E-state index in [0.717, 1.165) is 22.7 Å². The Hall–Kier alpha value is -7.25. The van der Waals surface area contributed by atoms with Gasteiger partial charge < -0.3 is 9.80 Å². The molecule has 4 heteroatoms. The quantitative estimate of drug-likeness (QED) is 0.126. The minimum atomic E-state index is -1.57. The van der Waals surface area contributed by atoms with Crippen LogP contribution in [0.3, 0.4) is 0 Å². The summed E-state index contributed by atoms with van der Waals surface area (Å²) in [6, 6.07) is 79.9. The van der Waals surface area contributed by atoms with Crippen LogP contribution in [0.15, 0.2) is 206 Å². The zero-order chi connectivity index (χ0) is 50.6. The van der Waals surface area contributed by atoms with Crippen molar-refractivity contribution in [3.05, 3.63) is 240 Å². The van der Waals surface area contributed by atoms with Crippen LogP contribution in [0.5, 0.6) is 0 Å². The molecular weight excluding hydrogens is 913 g/mol. The lowest BCUT2D eigenvalue weighted by atomic mass is 9.70. The molecule has 73 heavy (non-hydrogen) atoms. The summed E-state index contributed by atoms with van der Waals surface area (Å²) in [7, 11) is -3.14. The fraction of sp³-hybridized carbons (Fsp3) is 0.188. The van der Waals surface area contributed by atoms with Gasteiger partial charge in [-0.25, -0.2) is 0 Å². The lowest BCUT2D eigenvalue weighted by Crippen LogP contribution is -2.37. The minimum absolute atomic E-state index is 0.430. The Bertz CT molecular complexity index is 3490. The van der Waals surface area contributed by atoms with Gasteiger partial charge in [-0.1, -0.05) is 223 Å². The molecule has 0 saturated carbocycles. The molecule has 2 nitrogen and oxygen atoms in total. The van der Waals surface area contributed by atoms with Crippen molar-refractivity contribution in [2.45, 2.75) is 84.2 Å². The van der Waals surface area contributed by atoms with Crippen molar-refractivity contribution < 1.29 is 0 Å². The highest BCUT2D eigenvalue weighted by molar-refractivity contribution is 6.89. The molecule has 360 valence electrons. The lowest BCUT2D eigenvalue weighted by molar-refractivity contribution is 0.795.